The van der Waals surface area contributed by atoms with Crippen molar-refractivity contribution in [2.45, 2.75) is 31.2 Å². The zero-order chi connectivity index (χ0) is 8.77. The number of aryl methyl sites for hydroxylation is 1. The first-order valence-corrected chi connectivity index (χ1v) is 4.39. The van der Waals surface area contributed by atoms with Crippen LogP contribution in [0.15, 0.2) is 12.5 Å². The van der Waals surface area contributed by atoms with E-state index in [9.17, 15) is 0 Å². The van der Waals surface area contributed by atoms with Crippen molar-refractivity contribution in [3.8, 4) is 0 Å². The molecule has 0 spiro atoms. The Kier molecular flexibility index (Phi) is 1.51. The molecule has 1 fully saturated rings. The van der Waals surface area contributed by atoms with Gasteiger partial charge in [-0.3, -0.25) is 0 Å². The molecule has 1 heterocycles. The predicted molar refractivity (Wildman–Crippen MR) is 47.8 cm³/mol. The normalized spacial score (nSPS) is 22.2. The molecular formula is C9H15N3. The molecule has 12 heavy (non-hydrogen) atoms. The Morgan fingerprint density at radius 3 is 2.67 bits per heavy atom. The fraction of sp³-hybridized carbons (Fsp3) is 0.667. The Balaban J connectivity index is 2.30. The van der Waals surface area contributed by atoms with Crippen LogP contribution >= 0.6 is 0 Å². The summed E-state index contributed by atoms with van der Waals surface area (Å²) in [5.74, 6) is 0. The van der Waals surface area contributed by atoms with E-state index in [1.807, 2.05) is 17.9 Å². The molecule has 66 valence electrons. The van der Waals surface area contributed by atoms with Crippen LogP contribution in [-0.2, 0) is 12.5 Å². The highest BCUT2D eigenvalue weighted by molar-refractivity contribution is 5.25. The second-order valence-electron chi connectivity index (χ2n) is 3.87. The monoisotopic (exact) mass is 165 g/mol. The third-order valence-corrected chi connectivity index (χ3v) is 2.88. The lowest BCUT2D eigenvalue weighted by atomic mass is 9.95. The molecule has 3 nitrogen and oxygen atoms in total. The summed E-state index contributed by atoms with van der Waals surface area (Å²) >= 11 is 0. The number of rotatable bonds is 2. The summed E-state index contributed by atoms with van der Waals surface area (Å²) in [5.41, 5.74) is 7.30. The zero-order valence-corrected chi connectivity index (χ0v) is 7.62. The van der Waals surface area contributed by atoms with Crippen molar-refractivity contribution in [2.24, 2.45) is 12.8 Å². The topological polar surface area (TPSA) is 43.8 Å². The number of aromatic nitrogens is 2. The molecule has 0 saturated heterocycles. The van der Waals surface area contributed by atoms with Crippen LogP contribution in [-0.4, -0.2) is 15.6 Å². The molecular weight excluding hydrogens is 150 g/mol. The van der Waals surface area contributed by atoms with Gasteiger partial charge < -0.3 is 10.3 Å². The van der Waals surface area contributed by atoms with Crippen molar-refractivity contribution in [1.29, 1.82) is 0 Å². The second kappa shape index (κ2) is 2.33. The van der Waals surface area contributed by atoms with Gasteiger partial charge in [-0.05, 0) is 19.8 Å². The van der Waals surface area contributed by atoms with Gasteiger partial charge in [-0.2, -0.15) is 0 Å². The summed E-state index contributed by atoms with van der Waals surface area (Å²) in [6.45, 7) is 2.07. The molecule has 0 aromatic carbocycles. The van der Waals surface area contributed by atoms with Crippen molar-refractivity contribution >= 4 is 0 Å². The van der Waals surface area contributed by atoms with E-state index in [1.165, 1.54) is 18.5 Å². The fourth-order valence-electron chi connectivity index (χ4n) is 1.75. The molecule has 0 amide bonds. The largest absolute Gasteiger partial charge is 0.340 e. The molecule has 0 bridgehead atoms. The fourth-order valence-corrected chi connectivity index (χ4v) is 1.75. The molecule has 1 saturated carbocycles. The van der Waals surface area contributed by atoms with Crippen LogP contribution in [0.4, 0.5) is 0 Å². The van der Waals surface area contributed by atoms with Gasteiger partial charge in [0.1, 0.15) is 0 Å². The van der Waals surface area contributed by atoms with E-state index in [2.05, 4.69) is 18.1 Å². The lowest BCUT2D eigenvalue weighted by Crippen LogP contribution is -2.31. The average molecular weight is 165 g/mol. The minimum absolute atomic E-state index is 0.210. The van der Waals surface area contributed by atoms with Crippen LogP contribution in [0.5, 0.6) is 0 Å². The van der Waals surface area contributed by atoms with Gasteiger partial charge in [-0.25, -0.2) is 4.98 Å². The predicted octanol–water partition coefficient (Wildman–Crippen LogP) is 0.799. The van der Waals surface area contributed by atoms with E-state index in [4.69, 9.17) is 5.73 Å². The van der Waals surface area contributed by atoms with Crippen molar-refractivity contribution in [3.63, 3.8) is 0 Å². The molecule has 0 aliphatic heterocycles. The Bertz CT molecular complexity index is 284. The highest BCUT2D eigenvalue weighted by Crippen LogP contribution is 2.49. The molecule has 1 atom stereocenters. The van der Waals surface area contributed by atoms with Gasteiger partial charge in [-0.1, -0.05) is 0 Å². The van der Waals surface area contributed by atoms with Crippen LogP contribution in [0.3, 0.4) is 0 Å². The Hall–Kier alpha value is -0.830. The lowest BCUT2D eigenvalue weighted by Gasteiger charge is -2.16. The van der Waals surface area contributed by atoms with Crippen LogP contribution in [0.1, 0.15) is 25.5 Å². The standard InChI is InChI=1S/C9H15N3/c1-7(10)9(3-4-9)8-5-12(2)6-11-8/h5-7H,3-4,10H2,1-2H3. The molecule has 0 radical (unpaired) electrons. The second-order valence-corrected chi connectivity index (χ2v) is 3.87. The van der Waals surface area contributed by atoms with E-state index in [0.717, 1.165) is 0 Å². The molecule has 3 heteroatoms. The number of imidazole rings is 1. The smallest absolute Gasteiger partial charge is 0.0947 e. The maximum atomic E-state index is 5.92. The van der Waals surface area contributed by atoms with Crippen LogP contribution in [0, 0.1) is 0 Å². The van der Waals surface area contributed by atoms with Gasteiger partial charge in [0.15, 0.2) is 0 Å². The molecule has 1 aromatic heterocycles. The van der Waals surface area contributed by atoms with E-state index < -0.39 is 0 Å². The van der Waals surface area contributed by atoms with Crippen LogP contribution in [0.25, 0.3) is 0 Å². The highest BCUT2D eigenvalue weighted by atomic mass is 15.0. The minimum atomic E-state index is 0.210. The van der Waals surface area contributed by atoms with Gasteiger partial charge >= 0.3 is 0 Å². The summed E-state index contributed by atoms with van der Waals surface area (Å²) in [5, 5.41) is 0. The first-order valence-electron chi connectivity index (χ1n) is 4.39. The SMILES string of the molecule is CC(N)C1(c2cn(C)cn2)CC1. The summed E-state index contributed by atoms with van der Waals surface area (Å²) < 4.78 is 1.98. The Morgan fingerprint density at radius 1 is 1.67 bits per heavy atom. The van der Waals surface area contributed by atoms with Gasteiger partial charge in [0.2, 0.25) is 0 Å². The first-order chi connectivity index (χ1) is 5.65. The van der Waals surface area contributed by atoms with E-state index in [1.54, 1.807) is 0 Å². The maximum Gasteiger partial charge on any atom is 0.0947 e. The van der Waals surface area contributed by atoms with E-state index >= 15 is 0 Å². The van der Waals surface area contributed by atoms with Crippen molar-refractivity contribution < 1.29 is 0 Å². The zero-order valence-electron chi connectivity index (χ0n) is 7.62. The molecule has 2 N–H and O–H groups in total. The summed E-state index contributed by atoms with van der Waals surface area (Å²) in [4.78, 5) is 4.35. The number of nitrogens with two attached hydrogens (primary N) is 1. The quantitative estimate of drug-likeness (QED) is 0.704. The summed E-state index contributed by atoms with van der Waals surface area (Å²) in [6, 6.07) is 0.229. The van der Waals surface area contributed by atoms with E-state index in [-0.39, 0.29) is 11.5 Å². The highest BCUT2D eigenvalue weighted by Gasteiger charge is 2.49. The molecule has 1 unspecified atom stereocenters. The number of hydrogen-bond donors (Lipinski definition) is 1. The third-order valence-electron chi connectivity index (χ3n) is 2.88. The molecule has 2 rings (SSSR count). The lowest BCUT2D eigenvalue weighted by molar-refractivity contribution is 0.544. The number of nitrogens with zero attached hydrogens (tertiary/aromatic N) is 2. The first kappa shape index (κ1) is 7.80. The maximum absolute atomic E-state index is 5.92. The Labute approximate surface area is 72.6 Å². The van der Waals surface area contributed by atoms with Gasteiger partial charge in [-0.15, -0.1) is 0 Å². The Morgan fingerprint density at radius 2 is 2.33 bits per heavy atom. The van der Waals surface area contributed by atoms with Gasteiger partial charge in [0.05, 0.1) is 12.0 Å². The number of hydrogen-bond acceptors (Lipinski definition) is 2. The van der Waals surface area contributed by atoms with Gasteiger partial charge in [0, 0.05) is 24.7 Å². The molecule has 1 aliphatic carbocycles. The van der Waals surface area contributed by atoms with Crippen molar-refractivity contribution in [1.82, 2.24) is 9.55 Å². The van der Waals surface area contributed by atoms with Crippen molar-refractivity contribution in [3.05, 3.63) is 18.2 Å². The third kappa shape index (κ3) is 0.966. The van der Waals surface area contributed by atoms with Crippen molar-refractivity contribution in [2.75, 3.05) is 0 Å². The summed E-state index contributed by atoms with van der Waals surface area (Å²) in [7, 11) is 1.99. The summed E-state index contributed by atoms with van der Waals surface area (Å²) in [6.07, 6.45) is 6.32. The van der Waals surface area contributed by atoms with Gasteiger partial charge in [0.25, 0.3) is 0 Å². The minimum Gasteiger partial charge on any atom is -0.340 e. The van der Waals surface area contributed by atoms with Crippen LogP contribution < -0.4 is 5.73 Å². The van der Waals surface area contributed by atoms with E-state index in [0.29, 0.717) is 0 Å². The molecule has 1 aliphatic rings. The average Bonchev–Trinajstić information content (AvgIpc) is 2.71. The molecule has 1 aromatic rings. The van der Waals surface area contributed by atoms with Crippen LogP contribution in [0.2, 0.25) is 0 Å².